The van der Waals surface area contributed by atoms with E-state index in [1.165, 1.54) is 18.2 Å². The average molecular weight is 519 g/mol. The van der Waals surface area contributed by atoms with Gasteiger partial charge in [0, 0.05) is 12.1 Å². The number of hydrogen-bond acceptors (Lipinski definition) is 1. The van der Waals surface area contributed by atoms with Crippen LogP contribution in [0.15, 0.2) is 30.6 Å². The third-order valence-corrected chi connectivity index (χ3v) is 2.87. The van der Waals surface area contributed by atoms with E-state index in [0.717, 1.165) is 17.0 Å². The van der Waals surface area contributed by atoms with Crippen LogP contribution in [0.4, 0.5) is 48.3 Å². The van der Waals surface area contributed by atoms with Gasteiger partial charge in [-0.2, -0.15) is 48.3 Å². The Bertz CT molecular complexity index is 576. The van der Waals surface area contributed by atoms with E-state index in [-0.39, 0.29) is 24.0 Å². The fraction of sp³-hybridized carbons (Fsp3) is 0.583. The molecule has 0 aliphatic heterocycles. The van der Waals surface area contributed by atoms with Crippen LogP contribution in [0.5, 0.6) is 0 Å². The Balaban J connectivity index is 0.00000625. The maximum Gasteiger partial charge on any atom is 0.462 e. The third-order valence-electron chi connectivity index (χ3n) is 2.87. The van der Waals surface area contributed by atoms with Gasteiger partial charge in [0.1, 0.15) is 0 Å². The summed E-state index contributed by atoms with van der Waals surface area (Å²) in [4.78, 5) is 0. The second-order valence-electron chi connectivity index (χ2n) is 4.78. The van der Waals surface area contributed by atoms with Crippen LogP contribution in [0.25, 0.3) is 0 Å². The van der Waals surface area contributed by atoms with Gasteiger partial charge in [0.15, 0.2) is 18.9 Å². The molecule has 0 amide bonds. The van der Waals surface area contributed by atoms with Crippen molar-refractivity contribution in [2.24, 2.45) is 0 Å². The lowest BCUT2D eigenvalue weighted by Gasteiger charge is -2.33. The number of aromatic nitrogens is 1. The predicted octanol–water partition coefficient (Wildman–Crippen LogP) is 1.40. The molecule has 0 aliphatic carbocycles. The van der Waals surface area contributed by atoms with Crippen LogP contribution in [-0.2, 0) is 11.3 Å². The van der Waals surface area contributed by atoms with Gasteiger partial charge < -0.3 is 24.0 Å². The van der Waals surface area contributed by atoms with Gasteiger partial charge in [-0.1, -0.05) is 6.07 Å². The number of halogens is 12. The first-order valence-electron chi connectivity index (χ1n) is 6.26. The molecule has 0 aromatic carbocycles. The molecule has 0 N–H and O–H groups in total. The Morgan fingerprint density at radius 1 is 0.692 bits per heavy atom. The maximum atomic E-state index is 13.4. The molecule has 0 fully saturated rings. The van der Waals surface area contributed by atoms with E-state index in [4.69, 9.17) is 0 Å². The summed E-state index contributed by atoms with van der Waals surface area (Å²) >= 11 is 0. The predicted molar refractivity (Wildman–Crippen MR) is 58.2 cm³/mol. The van der Waals surface area contributed by atoms with Gasteiger partial charge in [0.2, 0.25) is 0 Å². The summed E-state index contributed by atoms with van der Waals surface area (Å²) in [5.41, 5.74) is 0. The summed E-state index contributed by atoms with van der Waals surface area (Å²) in [5, 5.41) is 0. The van der Waals surface area contributed by atoms with Crippen molar-refractivity contribution in [2.75, 3.05) is 0 Å². The van der Waals surface area contributed by atoms with Crippen LogP contribution in [0.2, 0.25) is 0 Å². The summed E-state index contributed by atoms with van der Waals surface area (Å²) in [6, 6.07) is 4.06. The summed E-state index contributed by atoms with van der Waals surface area (Å²) < 4.78 is 142. The first-order valence-corrected chi connectivity index (χ1v) is 6.26. The molecule has 14 heteroatoms. The zero-order valence-corrected chi connectivity index (χ0v) is 14.3. The van der Waals surface area contributed by atoms with Gasteiger partial charge in [0.25, 0.3) is 0 Å². The van der Waals surface area contributed by atoms with E-state index in [9.17, 15) is 48.3 Å². The molecular weight excluding hydrogens is 510 g/mol. The van der Waals surface area contributed by atoms with E-state index in [2.05, 4.69) is 0 Å². The van der Waals surface area contributed by atoms with Gasteiger partial charge in [-0.15, -0.1) is 0 Å². The minimum absolute atomic E-state index is 0. The number of pyridine rings is 1. The van der Waals surface area contributed by atoms with Crippen LogP contribution in [0.3, 0.4) is 0 Å². The SMILES string of the molecule is FC(F)(F)C(F)(F)C(F)(F)OC(F)(F)C(F)(F)CC[n+]1ccccc1.[I-]. The molecule has 0 aliphatic rings. The molecule has 1 rings (SSSR count). The molecule has 2 nitrogen and oxygen atoms in total. The van der Waals surface area contributed by atoms with Crippen LogP contribution in [-0.4, -0.2) is 30.2 Å². The van der Waals surface area contributed by atoms with Crippen molar-refractivity contribution >= 4 is 0 Å². The third kappa shape index (κ3) is 5.29. The zero-order valence-electron chi connectivity index (χ0n) is 12.2. The van der Waals surface area contributed by atoms with E-state index >= 15 is 0 Å². The molecule has 26 heavy (non-hydrogen) atoms. The van der Waals surface area contributed by atoms with Crippen LogP contribution >= 0.6 is 0 Å². The van der Waals surface area contributed by atoms with Crippen LogP contribution in [0.1, 0.15) is 6.42 Å². The molecule has 0 radical (unpaired) electrons. The molecule has 0 atom stereocenters. The quantitative estimate of drug-likeness (QED) is 0.302. The van der Waals surface area contributed by atoms with Gasteiger partial charge in [-0.3, -0.25) is 0 Å². The van der Waals surface area contributed by atoms with E-state index in [0.29, 0.717) is 0 Å². The van der Waals surface area contributed by atoms with Crippen molar-refractivity contribution in [3.8, 4) is 0 Å². The molecule has 0 spiro atoms. The first kappa shape index (κ1) is 25.1. The topological polar surface area (TPSA) is 13.1 Å². The summed E-state index contributed by atoms with van der Waals surface area (Å²) in [7, 11) is 0. The normalized spacial score (nSPS) is 14.1. The first-order chi connectivity index (χ1) is 11.0. The summed E-state index contributed by atoms with van der Waals surface area (Å²) in [6.45, 7) is -0.881. The van der Waals surface area contributed by atoms with Crippen molar-refractivity contribution in [3.63, 3.8) is 0 Å². The molecule has 1 aromatic rings. The Morgan fingerprint density at radius 2 is 1.15 bits per heavy atom. The highest BCUT2D eigenvalue weighted by Crippen LogP contribution is 2.51. The monoisotopic (exact) mass is 519 g/mol. The Kier molecular flexibility index (Phi) is 7.69. The minimum atomic E-state index is -7.10. The lowest BCUT2D eigenvalue weighted by atomic mass is 10.2. The highest BCUT2D eigenvalue weighted by atomic mass is 127. The van der Waals surface area contributed by atoms with Crippen molar-refractivity contribution in [1.29, 1.82) is 0 Å². The van der Waals surface area contributed by atoms with E-state index in [1.54, 1.807) is 0 Å². The number of rotatable bonds is 7. The molecule has 1 heterocycles. The number of nitrogens with zero attached hydrogens (tertiary/aromatic N) is 1. The zero-order chi connectivity index (χ0) is 19.7. The molecule has 0 saturated carbocycles. The van der Waals surface area contributed by atoms with Gasteiger partial charge in [-0.25, -0.2) is 9.30 Å². The number of aryl methyl sites for hydroxylation is 1. The van der Waals surface area contributed by atoms with E-state index < -0.39 is 43.2 Å². The Morgan fingerprint density at radius 3 is 1.58 bits per heavy atom. The molecule has 0 unspecified atom stereocenters. The van der Waals surface area contributed by atoms with Gasteiger partial charge in [0.05, 0.1) is 6.42 Å². The van der Waals surface area contributed by atoms with Crippen molar-refractivity contribution in [2.45, 2.75) is 43.2 Å². The van der Waals surface area contributed by atoms with Gasteiger partial charge in [-0.05, 0) is 0 Å². The number of alkyl halides is 11. The lowest BCUT2D eigenvalue weighted by Crippen LogP contribution is -3.00. The smallest absolute Gasteiger partial charge is 0.462 e. The largest absolute Gasteiger partial charge is 1.00 e. The summed E-state index contributed by atoms with van der Waals surface area (Å²) in [6.07, 6.45) is -19.8. The number of ether oxygens (including phenoxy) is 1. The lowest BCUT2D eigenvalue weighted by molar-refractivity contribution is -0.700. The van der Waals surface area contributed by atoms with Crippen LogP contribution in [0, 0.1) is 0 Å². The molecule has 0 saturated heterocycles. The average Bonchev–Trinajstić information content (AvgIpc) is 2.43. The van der Waals surface area contributed by atoms with Crippen LogP contribution < -0.4 is 28.5 Å². The Hall–Kier alpha value is -0.930. The van der Waals surface area contributed by atoms with Gasteiger partial charge >= 0.3 is 30.2 Å². The fourth-order valence-corrected chi connectivity index (χ4v) is 1.46. The highest BCUT2D eigenvalue weighted by Gasteiger charge is 2.78. The second kappa shape index (κ2) is 7.98. The van der Waals surface area contributed by atoms with Crippen molar-refractivity contribution in [1.82, 2.24) is 0 Å². The fourth-order valence-electron chi connectivity index (χ4n) is 1.46. The molecular formula is C12H9F11INO. The Labute approximate surface area is 155 Å². The number of hydrogen-bond donors (Lipinski definition) is 0. The van der Waals surface area contributed by atoms with Crippen molar-refractivity contribution < 1.29 is 81.6 Å². The van der Waals surface area contributed by atoms with E-state index in [1.807, 2.05) is 4.74 Å². The maximum absolute atomic E-state index is 13.4. The minimum Gasteiger partial charge on any atom is -1.00 e. The second-order valence-corrected chi connectivity index (χ2v) is 4.78. The molecule has 0 bridgehead atoms. The summed E-state index contributed by atoms with van der Waals surface area (Å²) in [5.74, 6) is -12.6. The highest BCUT2D eigenvalue weighted by molar-refractivity contribution is 4.88. The molecule has 152 valence electrons. The van der Waals surface area contributed by atoms with Crippen molar-refractivity contribution in [3.05, 3.63) is 30.6 Å². The molecule has 1 aromatic heterocycles. The standard InChI is InChI=1S/C12H9F11NO.HI/c13-8(14,4-7-24-5-2-1-3-6-24)11(20,21)25-12(22,23)9(15,16)10(17,18)19;/h1-3,5-6H,4,7H2;1H/q+1;/p-1.